The molecule has 298 valence electrons. The van der Waals surface area contributed by atoms with Crippen LogP contribution in [0.25, 0.3) is 0 Å². The number of quaternary nitrogens is 1. The minimum atomic E-state index is -0.592. The van der Waals surface area contributed by atoms with Crippen LogP contribution in [0.2, 0.25) is 0 Å². The number of hydrogen-bond acceptors (Lipinski definition) is 3. The lowest BCUT2D eigenvalue weighted by molar-refractivity contribution is -1.24. The van der Waals surface area contributed by atoms with Crippen molar-refractivity contribution in [1.82, 2.24) is 14.7 Å². The van der Waals surface area contributed by atoms with Crippen LogP contribution in [0.15, 0.2) is 103 Å². The van der Waals surface area contributed by atoms with Crippen molar-refractivity contribution in [2.24, 2.45) is 0 Å². The van der Waals surface area contributed by atoms with E-state index in [1.807, 2.05) is 0 Å². The molecule has 0 bridgehead atoms. The quantitative estimate of drug-likeness (QED) is 0.150. The summed E-state index contributed by atoms with van der Waals surface area (Å²) in [5.41, 5.74) is 11.9. The van der Waals surface area contributed by atoms with E-state index in [0.29, 0.717) is 0 Å². The molecule has 4 aromatic rings. The molecule has 0 spiro atoms. The highest BCUT2D eigenvalue weighted by Gasteiger charge is 2.94. The highest BCUT2D eigenvalue weighted by molar-refractivity contribution is 5.41. The van der Waals surface area contributed by atoms with E-state index in [2.05, 4.69) is 217 Å². The van der Waals surface area contributed by atoms with Crippen molar-refractivity contribution >= 4 is 0 Å². The number of allylic oxidation sites excluding steroid dienone is 2. The molecule has 9 rings (SSSR count). The SMILES string of the molecule is Cc1c(C)c2[n+]3c(c1C)C(C)(C)[N+]1(C(C)(C)C)Cc4cccc([n+]4[C@]31C1N(Cc3ccccc3)C3C=CC=CC3N1Cc1ccccc1)CN(C(C)(C)C)C2(C)C. The first kappa shape index (κ1) is 38.6. The van der Waals surface area contributed by atoms with Gasteiger partial charge in [0.1, 0.15) is 11.1 Å². The van der Waals surface area contributed by atoms with Crippen molar-refractivity contribution in [3.05, 3.63) is 154 Å². The van der Waals surface area contributed by atoms with E-state index in [1.165, 1.54) is 50.6 Å². The third-order valence-electron chi connectivity index (χ3n) is 15.4. The van der Waals surface area contributed by atoms with Crippen molar-refractivity contribution in [2.45, 2.75) is 162 Å². The molecule has 6 nitrogen and oxygen atoms in total. The molecule has 1 fully saturated rings. The summed E-state index contributed by atoms with van der Waals surface area (Å²) in [4.78, 5) is 8.67. The number of rotatable bonds is 5. The van der Waals surface area contributed by atoms with Crippen LogP contribution in [0.3, 0.4) is 0 Å². The molecule has 3 unspecified atom stereocenters. The van der Waals surface area contributed by atoms with Crippen LogP contribution < -0.4 is 9.13 Å². The Morgan fingerprint density at radius 3 is 1.65 bits per heavy atom. The summed E-state index contributed by atoms with van der Waals surface area (Å²) in [6, 6.07) is 30.3. The molecule has 1 saturated heterocycles. The minimum absolute atomic E-state index is 0.0327. The maximum atomic E-state index is 3.03. The van der Waals surface area contributed by atoms with Crippen molar-refractivity contribution < 1.29 is 13.6 Å². The molecule has 4 atom stereocenters. The molecule has 4 aliphatic heterocycles. The maximum Gasteiger partial charge on any atom is 0.523 e. The van der Waals surface area contributed by atoms with Gasteiger partial charge in [0, 0.05) is 55.7 Å². The van der Waals surface area contributed by atoms with Crippen molar-refractivity contribution in [1.29, 1.82) is 0 Å². The van der Waals surface area contributed by atoms with Gasteiger partial charge in [-0.3, -0.25) is 14.7 Å². The number of fused-ring (bicyclic) bond motifs is 1. The molecule has 5 aliphatic rings. The number of aromatic nitrogens is 2. The number of nitrogens with zero attached hydrogens (tertiary/aromatic N) is 6. The Morgan fingerprint density at radius 1 is 0.632 bits per heavy atom. The van der Waals surface area contributed by atoms with Gasteiger partial charge in [0.25, 0.3) is 11.9 Å². The van der Waals surface area contributed by atoms with Gasteiger partial charge in [0.2, 0.25) is 17.1 Å². The molecule has 57 heavy (non-hydrogen) atoms. The predicted octanol–water partition coefficient (Wildman–Crippen LogP) is 8.78. The zero-order valence-electron chi connectivity index (χ0n) is 37.1. The average molecular weight is 764 g/mol. The van der Waals surface area contributed by atoms with Gasteiger partial charge in [0.05, 0.1) is 18.6 Å². The zero-order valence-corrected chi connectivity index (χ0v) is 37.1. The van der Waals surface area contributed by atoms with Crippen molar-refractivity contribution in [3.63, 3.8) is 0 Å². The lowest BCUT2D eigenvalue weighted by Gasteiger charge is -2.53. The molecule has 0 saturated carbocycles. The van der Waals surface area contributed by atoms with Gasteiger partial charge < -0.3 is 0 Å². The Labute approximate surface area is 343 Å². The summed E-state index contributed by atoms with van der Waals surface area (Å²) in [6.45, 7) is 36.0. The highest BCUT2D eigenvalue weighted by atomic mass is 15.8. The van der Waals surface area contributed by atoms with Crippen molar-refractivity contribution in [2.75, 3.05) is 0 Å². The van der Waals surface area contributed by atoms with Crippen LogP contribution in [-0.2, 0) is 43.0 Å². The van der Waals surface area contributed by atoms with Gasteiger partial charge >= 0.3 is 5.79 Å². The van der Waals surface area contributed by atoms with Gasteiger partial charge in [-0.15, -0.1) is 0 Å². The molecule has 6 heteroatoms. The first-order chi connectivity index (χ1) is 26.8. The summed E-state index contributed by atoms with van der Waals surface area (Å²) in [5, 5.41) is 0. The molecule has 0 amide bonds. The van der Waals surface area contributed by atoms with Crippen molar-refractivity contribution in [3.8, 4) is 0 Å². The Balaban J connectivity index is 1.52. The van der Waals surface area contributed by atoms with Crippen LogP contribution in [0.4, 0.5) is 0 Å². The number of pyridine rings is 2. The second-order valence-electron chi connectivity index (χ2n) is 20.9. The monoisotopic (exact) mass is 764 g/mol. The molecular weight excluding hydrogens is 697 g/mol. The molecule has 0 radical (unpaired) electrons. The lowest BCUT2D eigenvalue weighted by atomic mass is 9.82. The van der Waals surface area contributed by atoms with E-state index in [4.69, 9.17) is 0 Å². The van der Waals surface area contributed by atoms with Crippen LogP contribution in [0.5, 0.6) is 0 Å². The maximum absolute atomic E-state index is 3.03. The second kappa shape index (κ2) is 12.5. The fourth-order valence-corrected chi connectivity index (χ4v) is 13.4. The van der Waals surface area contributed by atoms with E-state index in [1.54, 1.807) is 0 Å². The number of hydrogen-bond donors (Lipinski definition) is 0. The van der Waals surface area contributed by atoms with Crippen LogP contribution in [0, 0.1) is 20.8 Å². The fourth-order valence-electron chi connectivity index (χ4n) is 13.4. The van der Waals surface area contributed by atoms with Gasteiger partial charge in [0.15, 0.2) is 12.1 Å². The standard InChI is InChI=1S/C51H67N6/c1-35-36(2)44-49(10,11)54(47(4,5)6)33-40-27-22-28-41-34-57(48(7,8)9)50(12,13)45(37(35)3)56(44)51(57,55(40)41)46-52(31-38-23-16-14-17-24-38)42-29-20-21-30-43(42)53(46)32-39-25-18-15-19-26-39/h14-30,42-43,46H,31-34H2,1-13H3/q+3/t42?,43?,46?,51-,57?/m1/s1. The van der Waals surface area contributed by atoms with E-state index < -0.39 is 5.79 Å². The van der Waals surface area contributed by atoms with E-state index in [-0.39, 0.29) is 40.4 Å². The molecule has 0 N–H and O–H groups in total. The second-order valence-corrected chi connectivity index (χ2v) is 20.9. The lowest BCUT2D eigenvalue weighted by Crippen LogP contribution is -2.92. The Morgan fingerprint density at radius 2 is 1.14 bits per heavy atom. The van der Waals surface area contributed by atoms with Gasteiger partial charge in [-0.2, -0.15) is 4.48 Å². The Bertz CT molecular complexity index is 2240. The summed E-state index contributed by atoms with van der Waals surface area (Å²) in [5.74, 6) is -0.592. The highest BCUT2D eigenvalue weighted by Crippen LogP contribution is 2.61. The van der Waals surface area contributed by atoms with Crippen LogP contribution in [-0.4, -0.2) is 48.5 Å². The predicted molar refractivity (Wildman–Crippen MR) is 230 cm³/mol. The van der Waals surface area contributed by atoms with Gasteiger partial charge in [-0.1, -0.05) is 94.1 Å². The third-order valence-corrected chi connectivity index (χ3v) is 15.4. The summed E-state index contributed by atoms with van der Waals surface area (Å²) < 4.78 is 6.84. The summed E-state index contributed by atoms with van der Waals surface area (Å²) in [6.07, 6.45) is 9.60. The normalized spacial score (nSPS) is 28.7. The van der Waals surface area contributed by atoms with E-state index in [0.717, 1.165) is 30.7 Å². The van der Waals surface area contributed by atoms with E-state index >= 15 is 0 Å². The number of benzene rings is 2. The zero-order chi connectivity index (χ0) is 40.7. The molecule has 2 aromatic carbocycles. The van der Waals surface area contributed by atoms with E-state index in [9.17, 15) is 0 Å². The van der Waals surface area contributed by atoms with Crippen LogP contribution in [0.1, 0.15) is 120 Å². The first-order valence-corrected chi connectivity index (χ1v) is 21.5. The smallest absolute Gasteiger partial charge is 0.274 e. The summed E-state index contributed by atoms with van der Waals surface area (Å²) in [7, 11) is 0. The largest absolute Gasteiger partial charge is 0.523 e. The fraction of sp³-hybridized carbons (Fsp3) is 0.490. The van der Waals surface area contributed by atoms with Crippen LogP contribution >= 0.6 is 0 Å². The Hall–Kier alpha value is -3.94. The van der Waals surface area contributed by atoms with Gasteiger partial charge in [-0.05, 0) is 98.9 Å². The topological polar surface area (TPSA) is 17.5 Å². The average Bonchev–Trinajstić information content (AvgIpc) is 3.69. The minimum Gasteiger partial charge on any atom is -0.274 e. The molecule has 6 heterocycles. The Kier molecular flexibility index (Phi) is 8.48. The third kappa shape index (κ3) is 4.91. The van der Waals surface area contributed by atoms with Gasteiger partial charge in [-0.25, -0.2) is 0 Å². The molecule has 1 aliphatic carbocycles. The molecule has 2 aromatic heterocycles. The first-order valence-electron chi connectivity index (χ1n) is 21.5. The molecular formula is C51H67N6+3. The summed E-state index contributed by atoms with van der Waals surface area (Å²) >= 11 is 0.